The fraction of sp³-hybridized carbons (Fsp3) is 0.120. The Kier molecular flexibility index (Phi) is 7.06. The number of esters is 1. The Morgan fingerprint density at radius 2 is 1.48 bits per heavy atom. The largest absolute Gasteiger partial charge is 0.497 e. The summed E-state index contributed by atoms with van der Waals surface area (Å²) in [5, 5.41) is 0. The lowest BCUT2D eigenvalue weighted by atomic mass is 10.1. The first-order chi connectivity index (χ1) is 15.0. The molecular weight excluding hydrogens is 396 g/mol. The third-order valence-electron chi connectivity index (χ3n) is 4.52. The molecule has 3 aromatic carbocycles. The van der Waals surface area contributed by atoms with Crippen LogP contribution in [-0.2, 0) is 0 Å². The molecule has 6 nitrogen and oxygen atoms in total. The van der Waals surface area contributed by atoms with Gasteiger partial charge >= 0.3 is 5.97 Å². The molecule has 31 heavy (non-hydrogen) atoms. The predicted octanol–water partition coefficient (Wildman–Crippen LogP) is 4.83. The van der Waals surface area contributed by atoms with E-state index in [0.717, 1.165) is 0 Å². The average Bonchev–Trinajstić information content (AvgIpc) is 2.82. The standard InChI is InChI=1S/C25H22O6/c1-28-19-9-6-8-18(15-19)25(27)31-23-10-5-4-7-17(23)11-14-22(26)21-13-12-20(29-2)16-24(21)30-3/h4-16H,1-3H3/b14-11+. The number of carbonyl (C=O) groups excluding carboxylic acids is 2. The number of allylic oxidation sites excluding steroid dienone is 1. The molecule has 0 saturated heterocycles. The van der Waals surface area contributed by atoms with E-state index in [4.69, 9.17) is 18.9 Å². The van der Waals surface area contributed by atoms with Gasteiger partial charge in [0.05, 0.1) is 32.5 Å². The maximum absolute atomic E-state index is 12.7. The zero-order valence-corrected chi connectivity index (χ0v) is 17.5. The third kappa shape index (κ3) is 5.30. The molecule has 0 aliphatic rings. The molecule has 0 radical (unpaired) electrons. The minimum atomic E-state index is -0.525. The smallest absolute Gasteiger partial charge is 0.343 e. The van der Waals surface area contributed by atoms with Crippen LogP contribution in [0.3, 0.4) is 0 Å². The van der Waals surface area contributed by atoms with Gasteiger partial charge < -0.3 is 18.9 Å². The molecule has 0 saturated carbocycles. The highest BCUT2D eigenvalue weighted by molar-refractivity contribution is 6.09. The second kappa shape index (κ2) is 10.1. The molecule has 0 aliphatic heterocycles. The zero-order chi connectivity index (χ0) is 22.2. The Labute approximate surface area is 180 Å². The number of hydrogen-bond acceptors (Lipinski definition) is 6. The maximum Gasteiger partial charge on any atom is 0.343 e. The van der Waals surface area contributed by atoms with E-state index in [1.54, 1.807) is 79.9 Å². The summed E-state index contributed by atoms with van der Waals surface area (Å²) < 4.78 is 21.1. The van der Waals surface area contributed by atoms with Crippen molar-refractivity contribution in [3.63, 3.8) is 0 Å². The van der Waals surface area contributed by atoms with Crippen LogP contribution in [-0.4, -0.2) is 33.1 Å². The van der Waals surface area contributed by atoms with Crippen molar-refractivity contribution in [2.24, 2.45) is 0 Å². The van der Waals surface area contributed by atoms with Crippen molar-refractivity contribution < 1.29 is 28.5 Å². The topological polar surface area (TPSA) is 71.1 Å². The van der Waals surface area contributed by atoms with E-state index in [2.05, 4.69) is 0 Å². The Hall–Kier alpha value is -4.06. The van der Waals surface area contributed by atoms with Gasteiger partial charge in [-0.15, -0.1) is 0 Å². The Morgan fingerprint density at radius 1 is 0.742 bits per heavy atom. The lowest BCUT2D eigenvalue weighted by Crippen LogP contribution is -2.09. The van der Waals surface area contributed by atoms with Gasteiger partial charge in [0, 0.05) is 11.6 Å². The van der Waals surface area contributed by atoms with E-state index in [9.17, 15) is 9.59 Å². The van der Waals surface area contributed by atoms with Gasteiger partial charge in [-0.1, -0.05) is 24.3 Å². The van der Waals surface area contributed by atoms with Gasteiger partial charge in [-0.25, -0.2) is 4.79 Å². The molecule has 3 rings (SSSR count). The van der Waals surface area contributed by atoms with E-state index in [-0.39, 0.29) is 5.78 Å². The lowest BCUT2D eigenvalue weighted by molar-refractivity contribution is 0.0734. The van der Waals surface area contributed by atoms with Crippen LogP contribution in [0.2, 0.25) is 0 Å². The molecule has 6 heteroatoms. The first kappa shape index (κ1) is 21.6. The lowest BCUT2D eigenvalue weighted by Gasteiger charge is -2.09. The van der Waals surface area contributed by atoms with Crippen LogP contribution in [0.4, 0.5) is 0 Å². The molecule has 0 heterocycles. The zero-order valence-electron chi connectivity index (χ0n) is 17.5. The van der Waals surface area contributed by atoms with Gasteiger partial charge in [-0.2, -0.15) is 0 Å². The molecule has 0 aliphatic carbocycles. The summed E-state index contributed by atoms with van der Waals surface area (Å²) in [4.78, 5) is 25.2. The van der Waals surface area contributed by atoms with E-state index in [0.29, 0.717) is 39.7 Å². The molecular formula is C25H22O6. The number of hydrogen-bond donors (Lipinski definition) is 0. The van der Waals surface area contributed by atoms with Crippen molar-refractivity contribution in [3.8, 4) is 23.0 Å². The number of ether oxygens (including phenoxy) is 4. The Bertz CT molecular complexity index is 1120. The number of rotatable bonds is 8. The summed E-state index contributed by atoms with van der Waals surface area (Å²) in [7, 11) is 4.56. The van der Waals surface area contributed by atoms with Crippen molar-refractivity contribution >= 4 is 17.8 Å². The Balaban J connectivity index is 1.81. The third-order valence-corrected chi connectivity index (χ3v) is 4.52. The quantitative estimate of drug-likeness (QED) is 0.226. The highest BCUT2D eigenvalue weighted by Gasteiger charge is 2.13. The number of carbonyl (C=O) groups is 2. The highest BCUT2D eigenvalue weighted by Crippen LogP contribution is 2.26. The molecule has 0 amide bonds. The summed E-state index contributed by atoms with van der Waals surface area (Å²) >= 11 is 0. The summed E-state index contributed by atoms with van der Waals surface area (Å²) in [6.07, 6.45) is 3.00. The van der Waals surface area contributed by atoms with Crippen LogP contribution in [0.1, 0.15) is 26.3 Å². The molecule has 0 aromatic heterocycles. The number of ketones is 1. The summed E-state index contributed by atoms with van der Waals surface area (Å²) in [6, 6.07) is 18.6. The van der Waals surface area contributed by atoms with E-state index in [1.165, 1.54) is 20.3 Å². The van der Waals surface area contributed by atoms with Crippen molar-refractivity contribution in [1.82, 2.24) is 0 Å². The van der Waals surface area contributed by atoms with E-state index < -0.39 is 5.97 Å². The van der Waals surface area contributed by atoms with E-state index in [1.807, 2.05) is 0 Å². The average molecular weight is 418 g/mol. The van der Waals surface area contributed by atoms with Gasteiger partial charge in [0.15, 0.2) is 5.78 Å². The van der Waals surface area contributed by atoms with Crippen molar-refractivity contribution in [3.05, 3.63) is 89.5 Å². The SMILES string of the molecule is COc1cccc(C(=O)Oc2ccccc2/C=C/C(=O)c2ccc(OC)cc2OC)c1. The molecule has 158 valence electrons. The Morgan fingerprint density at radius 3 is 2.23 bits per heavy atom. The summed E-state index contributed by atoms with van der Waals surface area (Å²) in [5.74, 6) is 1.11. The molecule has 0 N–H and O–H groups in total. The van der Waals surface area contributed by atoms with Gasteiger partial charge in [0.1, 0.15) is 23.0 Å². The maximum atomic E-state index is 12.7. The fourth-order valence-electron chi connectivity index (χ4n) is 2.88. The summed E-state index contributed by atoms with van der Waals surface area (Å²) in [6.45, 7) is 0. The van der Waals surface area contributed by atoms with Crippen LogP contribution in [0, 0.1) is 0 Å². The molecule has 0 spiro atoms. The normalized spacial score (nSPS) is 10.5. The number of methoxy groups -OCH3 is 3. The van der Waals surface area contributed by atoms with E-state index >= 15 is 0 Å². The first-order valence-corrected chi connectivity index (χ1v) is 9.45. The van der Waals surface area contributed by atoms with Crippen LogP contribution in [0.15, 0.2) is 72.8 Å². The molecule has 0 bridgehead atoms. The molecule has 0 fully saturated rings. The van der Waals surface area contributed by atoms with Crippen LogP contribution in [0.25, 0.3) is 6.08 Å². The van der Waals surface area contributed by atoms with Gasteiger partial charge in [-0.3, -0.25) is 4.79 Å². The van der Waals surface area contributed by atoms with Crippen molar-refractivity contribution in [1.29, 1.82) is 0 Å². The highest BCUT2D eigenvalue weighted by atomic mass is 16.5. The second-order valence-corrected chi connectivity index (χ2v) is 6.42. The van der Waals surface area contributed by atoms with Crippen molar-refractivity contribution in [2.75, 3.05) is 21.3 Å². The van der Waals surface area contributed by atoms with Crippen LogP contribution in [0.5, 0.6) is 23.0 Å². The molecule has 0 unspecified atom stereocenters. The minimum absolute atomic E-state index is 0.256. The van der Waals surface area contributed by atoms with Gasteiger partial charge in [-0.05, 0) is 48.6 Å². The second-order valence-electron chi connectivity index (χ2n) is 6.42. The van der Waals surface area contributed by atoms with Crippen molar-refractivity contribution in [2.45, 2.75) is 0 Å². The predicted molar refractivity (Wildman–Crippen MR) is 117 cm³/mol. The number of para-hydroxylation sites is 1. The fourth-order valence-corrected chi connectivity index (χ4v) is 2.88. The van der Waals surface area contributed by atoms with Crippen LogP contribution >= 0.6 is 0 Å². The van der Waals surface area contributed by atoms with Gasteiger partial charge in [0.25, 0.3) is 0 Å². The van der Waals surface area contributed by atoms with Gasteiger partial charge in [0.2, 0.25) is 0 Å². The van der Waals surface area contributed by atoms with Crippen LogP contribution < -0.4 is 18.9 Å². The molecule has 0 atom stereocenters. The minimum Gasteiger partial charge on any atom is -0.497 e. The summed E-state index contributed by atoms with van der Waals surface area (Å²) in [5.41, 5.74) is 1.34. The monoisotopic (exact) mass is 418 g/mol. The first-order valence-electron chi connectivity index (χ1n) is 9.45. The number of benzene rings is 3. The molecule has 3 aromatic rings.